The second-order valence-corrected chi connectivity index (χ2v) is 6.90. The van der Waals surface area contributed by atoms with Gasteiger partial charge in [0.05, 0.1) is 6.61 Å². The molecule has 0 unspecified atom stereocenters. The van der Waals surface area contributed by atoms with Crippen LogP contribution in [0.4, 0.5) is 4.79 Å². The fourth-order valence-corrected chi connectivity index (χ4v) is 3.28. The van der Waals surface area contributed by atoms with Gasteiger partial charge in [-0.15, -0.1) is 24.0 Å². The summed E-state index contributed by atoms with van der Waals surface area (Å²) < 4.78 is 7.01. The summed E-state index contributed by atoms with van der Waals surface area (Å²) in [5.74, 6) is 2.50. The first-order chi connectivity index (χ1) is 14.1. The van der Waals surface area contributed by atoms with Gasteiger partial charge in [0.2, 0.25) is 0 Å². The molecule has 0 bridgehead atoms. The third kappa shape index (κ3) is 6.31. The first-order valence-corrected chi connectivity index (χ1v) is 9.94. The molecule has 0 radical (unpaired) electrons. The smallest absolute Gasteiger partial charge is 0.409 e. The van der Waals surface area contributed by atoms with Crippen molar-refractivity contribution in [1.82, 2.24) is 30.1 Å². The number of aliphatic imine (C=N–C) groups is 1. The summed E-state index contributed by atoms with van der Waals surface area (Å²) in [5.41, 5.74) is 1.06. The quantitative estimate of drug-likeness (QED) is 0.353. The summed E-state index contributed by atoms with van der Waals surface area (Å²) >= 11 is 0. The van der Waals surface area contributed by atoms with Gasteiger partial charge in [-0.1, -0.05) is 6.07 Å². The largest absolute Gasteiger partial charge is 0.450 e. The summed E-state index contributed by atoms with van der Waals surface area (Å²) in [6.45, 7) is 6.18. The van der Waals surface area contributed by atoms with E-state index >= 15 is 0 Å². The molecule has 1 aliphatic rings. The molecule has 2 aromatic heterocycles. The number of rotatable bonds is 5. The van der Waals surface area contributed by atoms with E-state index in [4.69, 9.17) is 4.74 Å². The first-order valence-electron chi connectivity index (χ1n) is 9.94. The third-order valence-electron chi connectivity index (χ3n) is 4.93. The molecule has 1 fully saturated rings. The van der Waals surface area contributed by atoms with Crippen molar-refractivity contribution in [3.8, 4) is 5.82 Å². The molecule has 0 atom stereocenters. The fourth-order valence-electron chi connectivity index (χ4n) is 3.28. The maximum Gasteiger partial charge on any atom is 0.409 e. The summed E-state index contributed by atoms with van der Waals surface area (Å²) in [4.78, 5) is 26.6. The molecule has 2 N–H and O–H groups in total. The number of hydrogen-bond donors (Lipinski definition) is 2. The predicted octanol–water partition coefficient (Wildman–Crippen LogP) is 2.48. The SMILES string of the molecule is CCOC(=O)N1CCC(NC(=NC)NCc2ccc(-n3ccnc3C)nc2)CC1.I. The van der Waals surface area contributed by atoms with E-state index in [0.717, 1.165) is 36.0 Å². The van der Waals surface area contributed by atoms with E-state index in [2.05, 4.69) is 25.6 Å². The molecule has 9 nitrogen and oxygen atoms in total. The number of nitrogens with one attached hydrogen (secondary N) is 2. The Balaban J connectivity index is 0.00000320. The Morgan fingerprint density at radius 2 is 2.07 bits per heavy atom. The lowest BCUT2D eigenvalue weighted by atomic mass is 10.1. The molecule has 30 heavy (non-hydrogen) atoms. The molecule has 3 rings (SSSR count). The minimum Gasteiger partial charge on any atom is -0.450 e. The lowest BCUT2D eigenvalue weighted by Crippen LogP contribution is -2.49. The van der Waals surface area contributed by atoms with Crippen molar-refractivity contribution in [3.63, 3.8) is 0 Å². The molecule has 3 heterocycles. The van der Waals surface area contributed by atoms with E-state index in [1.54, 1.807) is 18.1 Å². The summed E-state index contributed by atoms with van der Waals surface area (Å²) in [6, 6.07) is 4.30. The van der Waals surface area contributed by atoms with Crippen LogP contribution in [0, 0.1) is 6.92 Å². The fraction of sp³-hybridized carbons (Fsp3) is 0.500. The van der Waals surface area contributed by atoms with Crippen LogP contribution in [0.15, 0.2) is 35.7 Å². The molecule has 2 aromatic rings. The van der Waals surface area contributed by atoms with Crippen LogP contribution in [0.25, 0.3) is 5.82 Å². The number of halogens is 1. The predicted molar refractivity (Wildman–Crippen MR) is 126 cm³/mol. The van der Waals surface area contributed by atoms with Gasteiger partial charge in [-0.05, 0) is 38.3 Å². The number of amides is 1. The van der Waals surface area contributed by atoms with Crippen molar-refractivity contribution in [1.29, 1.82) is 0 Å². The molecule has 164 valence electrons. The van der Waals surface area contributed by atoms with Crippen LogP contribution >= 0.6 is 24.0 Å². The topological polar surface area (TPSA) is 96.7 Å². The van der Waals surface area contributed by atoms with Crippen molar-refractivity contribution >= 4 is 36.0 Å². The molecule has 0 spiro atoms. The van der Waals surface area contributed by atoms with Crippen LogP contribution in [-0.2, 0) is 11.3 Å². The van der Waals surface area contributed by atoms with Gasteiger partial charge in [0, 0.05) is 51.3 Å². The molecule has 0 aliphatic carbocycles. The molecule has 0 aromatic carbocycles. The number of carbonyl (C=O) groups excluding carboxylic acids is 1. The van der Waals surface area contributed by atoms with Gasteiger partial charge in [0.15, 0.2) is 5.96 Å². The minimum absolute atomic E-state index is 0. The van der Waals surface area contributed by atoms with E-state index in [1.807, 2.05) is 42.9 Å². The van der Waals surface area contributed by atoms with Gasteiger partial charge in [0.1, 0.15) is 11.6 Å². The van der Waals surface area contributed by atoms with Gasteiger partial charge in [-0.3, -0.25) is 9.56 Å². The van der Waals surface area contributed by atoms with Crippen molar-refractivity contribution < 1.29 is 9.53 Å². The third-order valence-corrected chi connectivity index (χ3v) is 4.93. The average Bonchev–Trinajstić information content (AvgIpc) is 3.18. The summed E-state index contributed by atoms with van der Waals surface area (Å²) in [6.07, 6.45) is 7.01. The zero-order valence-corrected chi connectivity index (χ0v) is 20.0. The monoisotopic (exact) mass is 527 g/mol. The van der Waals surface area contributed by atoms with Gasteiger partial charge >= 0.3 is 6.09 Å². The van der Waals surface area contributed by atoms with Crippen molar-refractivity contribution in [3.05, 3.63) is 42.1 Å². The van der Waals surface area contributed by atoms with Crippen molar-refractivity contribution in [2.24, 2.45) is 4.99 Å². The standard InChI is InChI=1S/C20H29N7O2.HI/c1-4-29-20(28)26-10-7-17(8-11-26)25-19(21-3)24-14-16-5-6-18(23-13-16)27-12-9-22-15(27)2;/h5-6,9,12-13,17H,4,7-8,10-11,14H2,1-3H3,(H2,21,24,25);1H. The van der Waals surface area contributed by atoms with Crippen LogP contribution in [0.5, 0.6) is 0 Å². The van der Waals surface area contributed by atoms with E-state index in [9.17, 15) is 4.79 Å². The van der Waals surface area contributed by atoms with Crippen molar-refractivity contribution in [2.45, 2.75) is 39.3 Å². The molecule has 1 aliphatic heterocycles. The van der Waals surface area contributed by atoms with E-state index in [0.29, 0.717) is 26.2 Å². The highest BCUT2D eigenvalue weighted by molar-refractivity contribution is 14.0. The Labute approximate surface area is 194 Å². The van der Waals surface area contributed by atoms with E-state index in [-0.39, 0.29) is 36.1 Å². The highest BCUT2D eigenvalue weighted by atomic mass is 127. The summed E-state index contributed by atoms with van der Waals surface area (Å²) in [7, 11) is 1.76. The Morgan fingerprint density at radius 3 is 2.63 bits per heavy atom. The molecule has 10 heteroatoms. The Hall–Kier alpha value is -2.37. The number of hydrogen-bond acceptors (Lipinski definition) is 5. The summed E-state index contributed by atoms with van der Waals surface area (Å²) in [5, 5.41) is 6.76. The van der Waals surface area contributed by atoms with Crippen LogP contribution < -0.4 is 10.6 Å². The van der Waals surface area contributed by atoms with E-state index < -0.39 is 0 Å². The van der Waals surface area contributed by atoms with Gasteiger partial charge < -0.3 is 20.3 Å². The van der Waals surface area contributed by atoms with E-state index in [1.165, 1.54) is 0 Å². The lowest BCUT2D eigenvalue weighted by Gasteiger charge is -2.32. The highest BCUT2D eigenvalue weighted by Crippen LogP contribution is 2.12. The molecule has 1 saturated heterocycles. The Morgan fingerprint density at radius 1 is 1.30 bits per heavy atom. The molecular formula is C20H30IN7O2. The van der Waals surface area contributed by atoms with Crippen molar-refractivity contribution in [2.75, 3.05) is 26.7 Å². The van der Waals surface area contributed by atoms with Crippen LogP contribution in [-0.4, -0.2) is 64.3 Å². The maximum absolute atomic E-state index is 11.8. The van der Waals surface area contributed by atoms with Gasteiger partial charge in [-0.2, -0.15) is 0 Å². The number of piperidine rings is 1. The zero-order valence-electron chi connectivity index (χ0n) is 17.7. The number of nitrogens with zero attached hydrogens (tertiary/aromatic N) is 5. The molecule has 0 saturated carbocycles. The molecule has 1 amide bonds. The number of imidazole rings is 1. The Bertz CT molecular complexity index is 830. The lowest BCUT2D eigenvalue weighted by molar-refractivity contribution is 0.0963. The van der Waals surface area contributed by atoms with Crippen LogP contribution in [0.1, 0.15) is 31.2 Å². The van der Waals surface area contributed by atoms with Gasteiger partial charge in [-0.25, -0.2) is 14.8 Å². The van der Waals surface area contributed by atoms with Gasteiger partial charge in [0.25, 0.3) is 0 Å². The normalized spacial score (nSPS) is 14.8. The number of likely N-dealkylation sites (tertiary alicyclic amines) is 1. The average molecular weight is 527 g/mol. The maximum atomic E-state index is 11.8. The number of carbonyl (C=O) groups is 1. The number of aryl methyl sites for hydroxylation is 1. The zero-order chi connectivity index (χ0) is 20.6. The number of ether oxygens (including phenoxy) is 1. The first kappa shape index (κ1) is 23.9. The molecular weight excluding hydrogens is 497 g/mol. The number of guanidine groups is 1. The second-order valence-electron chi connectivity index (χ2n) is 6.90. The Kier molecular flexibility index (Phi) is 9.34. The van der Waals surface area contributed by atoms with Crippen LogP contribution in [0.3, 0.4) is 0 Å². The highest BCUT2D eigenvalue weighted by Gasteiger charge is 2.24. The van der Waals surface area contributed by atoms with Crippen LogP contribution in [0.2, 0.25) is 0 Å². The number of pyridine rings is 1. The number of aromatic nitrogens is 3. The second kappa shape index (κ2) is 11.7. The minimum atomic E-state index is -0.227.